The van der Waals surface area contributed by atoms with Gasteiger partial charge in [0.1, 0.15) is 17.7 Å². The molecule has 0 spiro atoms. The zero-order valence-corrected chi connectivity index (χ0v) is 13.1. The van der Waals surface area contributed by atoms with Crippen LogP contribution in [-0.2, 0) is 18.3 Å². The smallest absolute Gasteiger partial charge is 0.365 e. The van der Waals surface area contributed by atoms with Crippen molar-refractivity contribution >= 4 is 12.9 Å². The molecule has 0 bridgehead atoms. The van der Waals surface area contributed by atoms with Crippen LogP contribution in [0.2, 0.25) is 0 Å². The van der Waals surface area contributed by atoms with Gasteiger partial charge in [-0.05, 0) is 31.5 Å². The van der Waals surface area contributed by atoms with Gasteiger partial charge in [-0.1, -0.05) is 24.8 Å². The molecule has 0 atom stereocenters. The van der Waals surface area contributed by atoms with E-state index in [0.29, 0.717) is 5.56 Å². The first kappa shape index (κ1) is 17.6. The SMILES string of the molecule is C=CCO/C=C(/c1ccc(F)cc1)P(=O)(OCC)OCC. The second-order valence-corrected chi connectivity index (χ2v) is 5.96. The topological polar surface area (TPSA) is 44.8 Å². The van der Waals surface area contributed by atoms with Crippen molar-refractivity contribution in [2.45, 2.75) is 13.8 Å². The molecule has 0 fully saturated rings. The van der Waals surface area contributed by atoms with Crippen molar-refractivity contribution in [2.75, 3.05) is 19.8 Å². The van der Waals surface area contributed by atoms with E-state index >= 15 is 0 Å². The third kappa shape index (κ3) is 5.12. The van der Waals surface area contributed by atoms with E-state index in [2.05, 4.69) is 6.58 Å². The zero-order chi connectivity index (χ0) is 15.7. The van der Waals surface area contributed by atoms with Gasteiger partial charge in [0.05, 0.1) is 19.5 Å². The van der Waals surface area contributed by atoms with E-state index in [0.717, 1.165) is 0 Å². The van der Waals surface area contributed by atoms with Crippen molar-refractivity contribution in [3.05, 3.63) is 54.6 Å². The second kappa shape index (κ2) is 8.78. The van der Waals surface area contributed by atoms with Gasteiger partial charge < -0.3 is 13.8 Å². The Kier molecular flexibility index (Phi) is 7.37. The van der Waals surface area contributed by atoms with E-state index in [1.54, 1.807) is 19.9 Å². The molecule has 0 unspecified atom stereocenters. The van der Waals surface area contributed by atoms with E-state index in [1.807, 2.05) is 0 Å². The number of ether oxygens (including phenoxy) is 1. The molecule has 0 aliphatic carbocycles. The molecule has 0 aliphatic heterocycles. The summed E-state index contributed by atoms with van der Waals surface area (Å²) in [4.78, 5) is 0. The Balaban J connectivity index is 3.22. The highest BCUT2D eigenvalue weighted by atomic mass is 31.2. The molecule has 0 heterocycles. The molecule has 0 aromatic heterocycles. The lowest BCUT2D eigenvalue weighted by Crippen LogP contribution is -2.00. The molecule has 0 saturated heterocycles. The number of hydrogen-bond acceptors (Lipinski definition) is 4. The Bertz CT molecular complexity index is 515. The summed E-state index contributed by atoms with van der Waals surface area (Å²) in [5.41, 5.74) is 0.519. The Morgan fingerprint density at radius 1 is 1.24 bits per heavy atom. The van der Waals surface area contributed by atoms with Gasteiger partial charge in [-0.25, -0.2) is 4.39 Å². The number of hydrogen-bond donors (Lipinski definition) is 0. The molecular formula is C15H20FO4P. The Hall–Kier alpha value is -1.42. The highest BCUT2D eigenvalue weighted by molar-refractivity contribution is 7.65. The lowest BCUT2D eigenvalue weighted by atomic mass is 10.2. The number of rotatable bonds is 9. The molecule has 21 heavy (non-hydrogen) atoms. The summed E-state index contributed by atoms with van der Waals surface area (Å²) in [5.74, 6) is -0.382. The van der Waals surface area contributed by atoms with Crippen LogP contribution >= 0.6 is 7.60 Å². The van der Waals surface area contributed by atoms with Crippen molar-refractivity contribution in [3.8, 4) is 0 Å². The first-order valence-corrected chi connectivity index (χ1v) is 8.20. The van der Waals surface area contributed by atoms with Crippen LogP contribution in [0.1, 0.15) is 19.4 Å². The minimum atomic E-state index is -3.53. The van der Waals surface area contributed by atoms with E-state index in [4.69, 9.17) is 13.8 Å². The maximum absolute atomic E-state index is 13.1. The fourth-order valence-corrected chi connectivity index (χ4v) is 3.32. The number of halogens is 1. The molecule has 4 nitrogen and oxygen atoms in total. The first-order valence-electron chi connectivity index (χ1n) is 6.65. The predicted molar refractivity (Wildman–Crippen MR) is 81.4 cm³/mol. The largest absolute Gasteiger partial charge is 0.496 e. The summed E-state index contributed by atoms with van der Waals surface area (Å²) < 4.78 is 41.8. The first-order chi connectivity index (χ1) is 10.1. The zero-order valence-electron chi connectivity index (χ0n) is 12.3. The predicted octanol–water partition coefficient (Wildman–Crippen LogP) is 4.59. The highest BCUT2D eigenvalue weighted by Crippen LogP contribution is 2.60. The normalized spacial score (nSPS) is 12.2. The van der Waals surface area contributed by atoms with Crippen molar-refractivity contribution < 1.29 is 22.7 Å². The Labute approximate surface area is 124 Å². The van der Waals surface area contributed by atoms with Crippen LogP contribution in [0.25, 0.3) is 5.31 Å². The van der Waals surface area contributed by atoms with E-state index < -0.39 is 7.60 Å². The molecular weight excluding hydrogens is 294 g/mol. The molecule has 1 aromatic rings. The summed E-state index contributed by atoms with van der Waals surface area (Å²) in [6.07, 6.45) is 2.88. The van der Waals surface area contributed by atoms with Crippen molar-refractivity contribution in [1.82, 2.24) is 0 Å². The van der Waals surface area contributed by atoms with Crippen LogP contribution in [0.15, 0.2) is 43.2 Å². The van der Waals surface area contributed by atoms with Crippen molar-refractivity contribution in [2.24, 2.45) is 0 Å². The quantitative estimate of drug-likeness (QED) is 0.289. The molecule has 0 amide bonds. The summed E-state index contributed by atoms with van der Waals surface area (Å²) >= 11 is 0. The van der Waals surface area contributed by atoms with Crippen LogP contribution in [-0.4, -0.2) is 19.8 Å². The van der Waals surface area contributed by atoms with Gasteiger partial charge in [-0.15, -0.1) is 0 Å². The monoisotopic (exact) mass is 314 g/mol. The standard InChI is InChI=1S/C15H20FO4P/c1-4-11-18-12-15(13-7-9-14(16)10-8-13)21(17,19-5-2)20-6-3/h4,7-10,12H,1,5-6,11H2,2-3H3/b15-12-. The van der Waals surface area contributed by atoms with Crippen LogP contribution in [0.3, 0.4) is 0 Å². The number of benzene rings is 1. The summed E-state index contributed by atoms with van der Waals surface area (Å²) in [5, 5.41) is 0.257. The summed E-state index contributed by atoms with van der Waals surface area (Å²) in [6.45, 7) is 7.67. The van der Waals surface area contributed by atoms with Gasteiger partial charge in [-0.3, -0.25) is 4.57 Å². The summed E-state index contributed by atoms with van der Waals surface area (Å²) in [7, 11) is -3.53. The minimum Gasteiger partial charge on any atom is -0.496 e. The fourth-order valence-electron chi connectivity index (χ4n) is 1.62. The molecule has 1 rings (SSSR count). The average molecular weight is 314 g/mol. The summed E-state index contributed by atoms with van der Waals surface area (Å²) in [6, 6.07) is 5.56. The maximum Gasteiger partial charge on any atom is 0.365 e. The highest BCUT2D eigenvalue weighted by Gasteiger charge is 2.31. The van der Waals surface area contributed by atoms with E-state index in [-0.39, 0.29) is 31.0 Å². The van der Waals surface area contributed by atoms with Crippen molar-refractivity contribution in [1.29, 1.82) is 0 Å². The Morgan fingerprint density at radius 2 is 1.81 bits per heavy atom. The van der Waals surface area contributed by atoms with E-state index in [1.165, 1.54) is 30.5 Å². The second-order valence-electron chi connectivity index (χ2n) is 3.97. The Morgan fingerprint density at radius 3 is 2.29 bits per heavy atom. The van der Waals surface area contributed by atoms with Crippen LogP contribution < -0.4 is 0 Å². The van der Waals surface area contributed by atoms with Gasteiger partial charge >= 0.3 is 7.60 Å². The molecule has 1 aromatic carbocycles. The minimum absolute atomic E-state index is 0.220. The molecule has 0 N–H and O–H groups in total. The molecule has 0 saturated carbocycles. The van der Waals surface area contributed by atoms with Gasteiger partial charge in [0.15, 0.2) is 0 Å². The lowest BCUT2D eigenvalue weighted by Gasteiger charge is -2.20. The third-order valence-electron chi connectivity index (χ3n) is 2.44. The average Bonchev–Trinajstić information content (AvgIpc) is 2.45. The third-order valence-corrected chi connectivity index (χ3v) is 4.59. The van der Waals surface area contributed by atoms with Gasteiger partial charge in [-0.2, -0.15) is 0 Å². The van der Waals surface area contributed by atoms with Crippen LogP contribution in [0.5, 0.6) is 0 Å². The van der Waals surface area contributed by atoms with Gasteiger partial charge in [0.25, 0.3) is 0 Å². The molecule has 116 valence electrons. The van der Waals surface area contributed by atoms with Gasteiger partial charge in [0, 0.05) is 0 Å². The van der Waals surface area contributed by atoms with E-state index in [9.17, 15) is 8.96 Å². The molecule has 0 radical (unpaired) electrons. The van der Waals surface area contributed by atoms with Crippen molar-refractivity contribution in [3.63, 3.8) is 0 Å². The van der Waals surface area contributed by atoms with Crippen LogP contribution in [0, 0.1) is 5.82 Å². The van der Waals surface area contributed by atoms with Crippen LogP contribution in [0.4, 0.5) is 4.39 Å². The fraction of sp³-hybridized carbons (Fsp3) is 0.333. The van der Waals surface area contributed by atoms with Gasteiger partial charge in [0.2, 0.25) is 0 Å². The molecule has 0 aliphatic rings. The maximum atomic E-state index is 13.1. The molecule has 6 heteroatoms. The lowest BCUT2D eigenvalue weighted by molar-refractivity contribution is 0.229.